The average Bonchev–Trinajstić information content (AvgIpc) is 3.02. The van der Waals surface area contributed by atoms with Gasteiger partial charge in [-0.25, -0.2) is 0 Å². The summed E-state index contributed by atoms with van der Waals surface area (Å²) in [5.74, 6) is 0.410. The normalized spacial score (nSPS) is 21.7. The molecule has 0 atom stereocenters. The summed E-state index contributed by atoms with van der Waals surface area (Å²) in [6.07, 6.45) is 1.71. The van der Waals surface area contributed by atoms with Gasteiger partial charge in [0.2, 0.25) is 5.91 Å². The number of nitrogens with zero attached hydrogens (tertiary/aromatic N) is 4. The Hall–Kier alpha value is -1.70. The smallest absolute Gasteiger partial charge is 0.236 e. The maximum atomic E-state index is 11.1. The average molecular weight is 345 g/mol. The molecule has 2 aliphatic rings. The summed E-state index contributed by atoms with van der Waals surface area (Å²) in [5, 5.41) is 11.3. The monoisotopic (exact) mass is 345 g/mol. The second-order valence-electron chi connectivity index (χ2n) is 5.94. The molecule has 1 N–H and O–H groups in total. The highest BCUT2D eigenvalue weighted by atomic mass is 32.2. The molecule has 24 heavy (non-hydrogen) atoms. The number of amidine groups is 1. The zero-order chi connectivity index (χ0) is 16.8. The molecule has 2 aliphatic heterocycles. The highest BCUT2D eigenvalue weighted by Crippen LogP contribution is 2.10. The second-order valence-corrected chi connectivity index (χ2v) is 6.90. The number of nitrogens with one attached hydrogen (secondary N) is 1. The molecule has 0 bridgehead atoms. The van der Waals surface area contributed by atoms with Crippen molar-refractivity contribution in [3.05, 3.63) is 35.4 Å². The molecule has 1 aromatic rings. The molecule has 2 fully saturated rings. The zero-order valence-electron chi connectivity index (χ0n) is 13.9. The number of piperazine rings is 1. The van der Waals surface area contributed by atoms with Crippen molar-refractivity contribution in [1.29, 1.82) is 0 Å². The van der Waals surface area contributed by atoms with E-state index in [4.69, 9.17) is 0 Å². The van der Waals surface area contributed by atoms with Crippen LogP contribution in [0.5, 0.6) is 0 Å². The number of benzene rings is 1. The molecule has 0 spiro atoms. The fourth-order valence-electron chi connectivity index (χ4n) is 2.76. The van der Waals surface area contributed by atoms with Gasteiger partial charge in [0.15, 0.2) is 5.17 Å². The number of thioether (sulfide) groups is 1. The number of hydrogen-bond acceptors (Lipinski definition) is 6. The Kier molecular flexibility index (Phi) is 6.01. The van der Waals surface area contributed by atoms with E-state index in [9.17, 15) is 4.79 Å². The van der Waals surface area contributed by atoms with Crippen molar-refractivity contribution in [2.24, 2.45) is 10.2 Å². The summed E-state index contributed by atoms with van der Waals surface area (Å²) in [6, 6.07) is 8.41. The van der Waals surface area contributed by atoms with Gasteiger partial charge in [-0.2, -0.15) is 5.10 Å². The predicted octanol–water partition coefficient (Wildman–Crippen LogP) is 1.38. The molecule has 7 heteroatoms. The van der Waals surface area contributed by atoms with Crippen molar-refractivity contribution < 1.29 is 4.79 Å². The third-order valence-electron chi connectivity index (χ3n) is 4.24. The van der Waals surface area contributed by atoms with Gasteiger partial charge >= 0.3 is 0 Å². The van der Waals surface area contributed by atoms with E-state index in [-0.39, 0.29) is 5.91 Å². The van der Waals surface area contributed by atoms with Crippen LogP contribution in [0.15, 0.2) is 34.5 Å². The first-order valence-electron chi connectivity index (χ1n) is 8.30. The van der Waals surface area contributed by atoms with E-state index in [1.807, 2.05) is 0 Å². The second kappa shape index (κ2) is 8.41. The molecule has 1 aromatic carbocycles. The lowest BCUT2D eigenvalue weighted by molar-refractivity contribution is -0.116. The van der Waals surface area contributed by atoms with Crippen LogP contribution in [-0.4, -0.2) is 65.6 Å². The van der Waals surface area contributed by atoms with Crippen molar-refractivity contribution in [2.75, 3.05) is 38.5 Å². The Morgan fingerprint density at radius 3 is 2.50 bits per heavy atom. The molecule has 1 amide bonds. The highest BCUT2D eigenvalue weighted by molar-refractivity contribution is 8.15. The van der Waals surface area contributed by atoms with Crippen LogP contribution in [0.1, 0.15) is 18.1 Å². The third kappa shape index (κ3) is 4.90. The number of carbonyl (C=O) groups excluding carboxylic acids is 1. The van der Waals surface area contributed by atoms with Gasteiger partial charge in [-0.1, -0.05) is 43.0 Å². The lowest BCUT2D eigenvalue weighted by atomic mass is 10.1. The first-order chi connectivity index (χ1) is 11.7. The summed E-state index contributed by atoms with van der Waals surface area (Å²) < 4.78 is 0. The number of amides is 1. The van der Waals surface area contributed by atoms with E-state index in [1.165, 1.54) is 17.3 Å². The summed E-state index contributed by atoms with van der Waals surface area (Å²) in [7, 11) is 0. The van der Waals surface area contributed by atoms with Crippen molar-refractivity contribution in [2.45, 2.75) is 13.5 Å². The number of likely N-dealkylation sites (N-methyl/N-ethyl adjacent to an activating group) is 1. The van der Waals surface area contributed by atoms with E-state index in [0.717, 1.165) is 44.8 Å². The van der Waals surface area contributed by atoms with Crippen molar-refractivity contribution >= 4 is 29.1 Å². The highest BCUT2D eigenvalue weighted by Gasteiger charge is 2.16. The Morgan fingerprint density at radius 2 is 1.88 bits per heavy atom. The molecule has 2 saturated heterocycles. The lowest BCUT2D eigenvalue weighted by Crippen LogP contribution is -2.45. The fourth-order valence-corrected chi connectivity index (χ4v) is 3.39. The molecule has 0 aromatic heterocycles. The van der Waals surface area contributed by atoms with Crippen LogP contribution >= 0.6 is 11.8 Å². The minimum Gasteiger partial charge on any atom is -0.303 e. The molecule has 2 heterocycles. The van der Waals surface area contributed by atoms with E-state index < -0.39 is 0 Å². The van der Waals surface area contributed by atoms with Crippen LogP contribution in [0.3, 0.4) is 0 Å². The SMILES string of the molecule is CCN1CCN(Cc2ccc(C=NN=C3NC(=O)CS3)cc2)CC1. The van der Waals surface area contributed by atoms with Gasteiger partial charge in [0.1, 0.15) is 0 Å². The van der Waals surface area contributed by atoms with E-state index >= 15 is 0 Å². The first-order valence-corrected chi connectivity index (χ1v) is 9.29. The maximum absolute atomic E-state index is 11.1. The van der Waals surface area contributed by atoms with Crippen molar-refractivity contribution in [3.8, 4) is 0 Å². The van der Waals surface area contributed by atoms with Crippen molar-refractivity contribution in [3.63, 3.8) is 0 Å². The van der Waals surface area contributed by atoms with Crippen LogP contribution < -0.4 is 5.32 Å². The van der Waals surface area contributed by atoms with Crippen LogP contribution in [-0.2, 0) is 11.3 Å². The summed E-state index contributed by atoms with van der Waals surface area (Å²) in [4.78, 5) is 16.0. The molecular formula is C17H23N5OS. The summed E-state index contributed by atoms with van der Waals surface area (Å²) in [6.45, 7) is 8.97. The Morgan fingerprint density at radius 1 is 1.17 bits per heavy atom. The summed E-state index contributed by atoms with van der Waals surface area (Å²) >= 11 is 1.38. The van der Waals surface area contributed by atoms with Crippen LogP contribution in [0.25, 0.3) is 0 Å². The fraction of sp³-hybridized carbons (Fsp3) is 0.471. The molecule has 6 nitrogen and oxygen atoms in total. The van der Waals surface area contributed by atoms with Gasteiger partial charge in [-0.15, -0.1) is 5.10 Å². The Labute approximate surface area is 147 Å². The third-order valence-corrected chi connectivity index (χ3v) is 5.10. The largest absolute Gasteiger partial charge is 0.303 e. The molecule has 128 valence electrons. The van der Waals surface area contributed by atoms with Crippen LogP contribution in [0.2, 0.25) is 0 Å². The molecule has 0 aliphatic carbocycles. The van der Waals surface area contributed by atoms with E-state index in [0.29, 0.717) is 10.9 Å². The van der Waals surface area contributed by atoms with Gasteiger partial charge in [0.25, 0.3) is 0 Å². The lowest BCUT2D eigenvalue weighted by Gasteiger charge is -2.34. The minimum absolute atomic E-state index is 0.0157. The Balaban J connectivity index is 1.49. The Bertz CT molecular complexity index is 620. The molecular weight excluding hydrogens is 322 g/mol. The van der Waals surface area contributed by atoms with E-state index in [1.54, 1.807) is 6.21 Å². The molecule has 0 radical (unpaired) electrons. The summed E-state index contributed by atoms with van der Waals surface area (Å²) in [5.41, 5.74) is 2.33. The first kappa shape index (κ1) is 17.1. The number of hydrogen-bond donors (Lipinski definition) is 1. The van der Waals surface area contributed by atoms with Gasteiger partial charge in [-0.05, 0) is 17.7 Å². The van der Waals surface area contributed by atoms with Crippen LogP contribution in [0.4, 0.5) is 0 Å². The quantitative estimate of drug-likeness (QED) is 0.647. The number of carbonyl (C=O) groups is 1. The predicted molar refractivity (Wildman–Crippen MR) is 99.5 cm³/mol. The zero-order valence-corrected chi connectivity index (χ0v) is 14.8. The van der Waals surface area contributed by atoms with Gasteiger partial charge in [0, 0.05) is 32.7 Å². The van der Waals surface area contributed by atoms with Gasteiger partial charge < -0.3 is 10.2 Å². The van der Waals surface area contributed by atoms with Crippen LogP contribution in [0, 0.1) is 0 Å². The van der Waals surface area contributed by atoms with Crippen molar-refractivity contribution in [1.82, 2.24) is 15.1 Å². The topological polar surface area (TPSA) is 60.3 Å². The molecule has 0 saturated carbocycles. The van der Waals surface area contributed by atoms with E-state index in [2.05, 4.69) is 56.5 Å². The molecule has 0 unspecified atom stereocenters. The molecule has 3 rings (SSSR count). The minimum atomic E-state index is -0.0157. The van der Waals surface area contributed by atoms with Gasteiger partial charge in [-0.3, -0.25) is 9.69 Å². The maximum Gasteiger partial charge on any atom is 0.236 e. The van der Waals surface area contributed by atoms with Gasteiger partial charge in [0.05, 0.1) is 12.0 Å². The standard InChI is InChI=1S/C17H23N5OS/c1-2-21-7-9-22(10-8-21)12-15-5-3-14(4-6-15)11-18-20-17-19-16(23)13-24-17/h3-6,11H,2,7-10,12-13H2,1H3,(H,19,20,23). The number of rotatable bonds is 5.